The average Bonchev–Trinajstić information content (AvgIpc) is 2.91. The van der Waals surface area contributed by atoms with Gasteiger partial charge in [-0.15, -0.1) is 0 Å². The van der Waals surface area contributed by atoms with Gasteiger partial charge in [0, 0.05) is 23.1 Å². The predicted molar refractivity (Wildman–Crippen MR) is 113 cm³/mol. The van der Waals surface area contributed by atoms with Gasteiger partial charge in [-0.25, -0.2) is 4.39 Å². The highest BCUT2D eigenvalue weighted by atomic mass is 35.5. The number of imide groups is 1. The van der Waals surface area contributed by atoms with Gasteiger partial charge in [-0.3, -0.25) is 19.3 Å². The third kappa shape index (κ3) is 4.93. The Bertz CT molecular complexity index is 1030. The molecule has 0 atom stereocenters. The molecule has 2 aromatic rings. The quantitative estimate of drug-likeness (QED) is 0.602. The molecule has 1 saturated heterocycles. The van der Waals surface area contributed by atoms with Gasteiger partial charge >= 0.3 is 0 Å². The molecule has 29 heavy (non-hydrogen) atoms. The van der Waals surface area contributed by atoms with E-state index in [4.69, 9.17) is 34.8 Å². The fourth-order valence-electron chi connectivity index (χ4n) is 2.54. The Labute approximate surface area is 184 Å². The highest BCUT2D eigenvalue weighted by Crippen LogP contribution is 2.33. The maximum Gasteiger partial charge on any atom is 0.293 e. The SMILES string of the molecule is O=C(NCCN1C(=O)S/C(=C\c2ccc(Cl)cc2Cl)C1=O)c1c(F)cccc1Cl. The number of nitrogens with zero attached hydrogens (tertiary/aromatic N) is 1. The topological polar surface area (TPSA) is 66.5 Å². The maximum atomic E-state index is 13.8. The van der Waals surface area contributed by atoms with E-state index in [1.54, 1.807) is 12.1 Å². The van der Waals surface area contributed by atoms with E-state index in [0.29, 0.717) is 15.6 Å². The zero-order valence-corrected chi connectivity index (χ0v) is 17.6. The first-order valence-electron chi connectivity index (χ1n) is 8.20. The molecule has 3 rings (SSSR count). The van der Waals surface area contributed by atoms with Crippen molar-refractivity contribution in [3.63, 3.8) is 0 Å². The molecule has 0 aliphatic carbocycles. The molecule has 0 saturated carbocycles. The number of amides is 3. The summed E-state index contributed by atoms with van der Waals surface area (Å²) >= 11 is 18.6. The van der Waals surface area contributed by atoms with Gasteiger partial charge < -0.3 is 5.32 Å². The van der Waals surface area contributed by atoms with Gasteiger partial charge in [0.05, 0.1) is 15.5 Å². The minimum atomic E-state index is -0.760. The zero-order valence-electron chi connectivity index (χ0n) is 14.5. The molecule has 3 amide bonds. The van der Waals surface area contributed by atoms with Crippen LogP contribution in [0.1, 0.15) is 15.9 Å². The van der Waals surface area contributed by atoms with Crippen molar-refractivity contribution >= 4 is 69.7 Å². The first-order valence-corrected chi connectivity index (χ1v) is 10.2. The van der Waals surface area contributed by atoms with Crippen molar-refractivity contribution in [2.24, 2.45) is 0 Å². The second-order valence-corrected chi connectivity index (χ2v) is 8.10. The van der Waals surface area contributed by atoms with Gasteiger partial charge in [-0.05, 0) is 47.7 Å². The highest BCUT2D eigenvalue weighted by Gasteiger charge is 2.34. The summed E-state index contributed by atoms with van der Waals surface area (Å²) in [5, 5.41) is 2.74. The van der Waals surface area contributed by atoms with Gasteiger partial charge in [-0.1, -0.05) is 46.9 Å². The first-order chi connectivity index (χ1) is 13.8. The molecule has 1 heterocycles. The Morgan fingerprint density at radius 2 is 1.90 bits per heavy atom. The molecule has 2 aromatic carbocycles. The number of hydrogen-bond donors (Lipinski definition) is 1. The van der Waals surface area contributed by atoms with Crippen LogP contribution in [0.2, 0.25) is 15.1 Å². The Balaban J connectivity index is 1.65. The summed E-state index contributed by atoms with van der Waals surface area (Å²) in [7, 11) is 0. The second-order valence-electron chi connectivity index (χ2n) is 5.85. The lowest BCUT2D eigenvalue weighted by Gasteiger charge is -2.13. The number of benzene rings is 2. The van der Waals surface area contributed by atoms with Crippen molar-refractivity contribution < 1.29 is 18.8 Å². The van der Waals surface area contributed by atoms with Crippen LogP contribution in [0.4, 0.5) is 9.18 Å². The minimum absolute atomic E-state index is 0.0311. The van der Waals surface area contributed by atoms with E-state index in [2.05, 4.69) is 5.32 Å². The summed E-state index contributed by atoms with van der Waals surface area (Å²) in [6.45, 7) is -0.134. The molecule has 5 nitrogen and oxygen atoms in total. The Hall–Kier alpha value is -2.06. The first kappa shape index (κ1) is 21.6. The van der Waals surface area contributed by atoms with Crippen LogP contribution in [0.15, 0.2) is 41.3 Å². The van der Waals surface area contributed by atoms with Crippen LogP contribution < -0.4 is 5.32 Å². The van der Waals surface area contributed by atoms with Crippen molar-refractivity contribution in [2.75, 3.05) is 13.1 Å². The van der Waals surface area contributed by atoms with Crippen LogP contribution >= 0.6 is 46.6 Å². The Morgan fingerprint density at radius 1 is 1.14 bits per heavy atom. The van der Waals surface area contributed by atoms with Crippen LogP contribution in [0.3, 0.4) is 0 Å². The number of rotatable bonds is 5. The normalized spacial score (nSPS) is 15.3. The summed E-state index contributed by atoms with van der Waals surface area (Å²) in [5.74, 6) is -2.00. The van der Waals surface area contributed by atoms with Crippen LogP contribution in [-0.4, -0.2) is 35.0 Å². The fourth-order valence-corrected chi connectivity index (χ4v) is 4.10. The molecule has 0 radical (unpaired) electrons. The second kappa shape index (κ2) is 9.17. The fraction of sp³-hybridized carbons (Fsp3) is 0.105. The molecule has 0 aromatic heterocycles. The lowest BCUT2D eigenvalue weighted by atomic mass is 10.2. The Morgan fingerprint density at radius 3 is 2.59 bits per heavy atom. The predicted octanol–water partition coefficient (Wildman–Crippen LogP) is 5.25. The van der Waals surface area contributed by atoms with Crippen molar-refractivity contribution in [3.8, 4) is 0 Å². The molecule has 1 N–H and O–H groups in total. The van der Waals surface area contributed by atoms with Crippen LogP contribution in [-0.2, 0) is 4.79 Å². The molecular weight excluding hydrogens is 462 g/mol. The molecule has 1 fully saturated rings. The molecule has 10 heteroatoms. The lowest BCUT2D eigenvalue weighted by Crippen LogP contribution is -2.37. The van der Waals surface area contributed by atoms with Gasteiger partial charge in [0.25, 0.3) is 17.1 Å². The maximum absolute atomic E-state index is 13.8. The third-order valence-corrected chi connectivity index (χ3v) is 5.72. The molecule has 0 unspecified atom stereocenters. The number of halogens is 4. The molecule has 1 aliphatic heterocycles. The van der Waals surface area contributed by atoms with Crippen molar-refractivity contribution in [1.29, 1.82) is 0 Å². The average molecular weight is 474 g/mol. The van der Waals surface area contributed by atoms with Gasteiger partial charge in [0.2, 0.25) is 0 Å². The van der Waals surface area contributed by atoms with Gasteiger partial charge in [0.15, 0.2) is 0 Å². The smallest absolute Gasteiger partial charge is 0.293 e. The lowest BCUT2D eigenvalue weighted by molar-refractivity contribution is -0.122. The largest absolute Gasteiger partial charge is 0.350 e. The van der Waals surface area contributed by atoms with E-state index in [1.165, 1.54) is 24.3 Å². The summed E-state index contributed by atoms with van der Waals surface area (Å²) in [6, 6.07) is 8.67. The zero-order chi connectivity index (χ0) is 21.1. The van der Waals surface area contributed by atoms with E-state index in [9.17, 15) is 18.8 Å². The van der Waals surface area contributed by atoms with Crippen molar-refractivity contribution in [1.82, 2.24) is 10.2 Å². The molecule has 0 bridgehead atoms. The van der Waals surface area contributed by atoms with E-state index in [0.717, 1.165) is 22.7 Å². The van der Waals surface area contributed by atoms with Gasteiger partial charge in [-0.2, -0.15) is 0 Å². The van der Waals surface area contributed by atoms with Crippen LogP contribution in [0.5, 0.6) is 0 Å². The van der Waals surface area contributed by atoms with Crippen molar-refractivity contribution in [3.05, 3.63) is 73.3 Å². The monoisotopic (exact) mass is 472 g/mol. The van der Waals surface area contributed by atoms with E-state index < -0.39 is 22.9 Å². The summed E-state index contributed by atoms with van der Waals surface area (Å²) < 4.78 is 13.8. The number of hydrogen-bond acceptors (Lipinski definition) is 4. The van der Waals surface area contributed by atoms with Gasteiger partial charge in [0.1, 0.15) is 5.82 Å². The molecule has 150 valence electrons. The number of thioether (sulfide) groups is 1. The Kier molecular flexibility index (Phi) is 6.85. The molecule has 0 spiro atoms. The van der Waals surface area contributed by atoms with E-state index in [1.807, 2.05) is 0 Å². The summed E-state index contributed by atoms with van der Waals surface area (Å²) in [4.78, 5) is 38.0. The highest BCUT2D eigenvalue weighted by molar-refractivity contribution is 8.18. The van der Waals surface area contributed by atoms with Crippen molar-refractivity contribution in [2.45, 2.75) is 0 Å². The summed E-state index contributed by atoms with van der Waals surface area (Å²) in [5.41, 5.74) is 0.254. The molecule has 1 aliphatic rings. The third-order valence-electron chi connectivity index (χ3n) is 3.93. The number of carbonyl (C=O) groups is 3. The summed E-state index contributed by atoms with van der Waals surface area (Å²) in [6.07, 6.45) is 1.50. The number of nitrogens with one attached hydrogen (secondary N) is 1. The molecular formula is C19H12Cl3FN2O3S. The van der Waals surface area contributed by atoms with E-state index >= 15 is 0 Å². The minimum Gasteiger partial charge on any atom is -0.350 e. The van der Waals surface area contributed by atoms with Crippen LogP contribution in [0, 0.1) is 5.82 Å². The standard InChI is InChI=1S/C19H12Cl3FN2O3S/c20-11-5-4-10(13(22)9-11)8-15-18(27)25(19(28)29-15)7-6-24-17(26)16-12(21)2-1-3-14(16)23/h1-5,8-9H,6-7H2,(H,24,26)/b15-8-. The number of carbonyl (C=O) groups excluding carboxylic acids is 3. The van der Waals surface area contributed by atoms with Crippen LogP contribution in [0.25, 0.3) is 6.08 Å². The van der Waals surface area contributed by atoms with E-state index in [-0.39, 0.29) is 28.6 Å².